The van der Waals surface area contributed by atoms with Gasteiger partial charge in [-0.3, -0.25) is 4.52 Å². The molecule has 0 aromatic rings. The van der Waals surface area contributed by atoms with Crippen LogP contribution in [0, 0.1) is 0 Å². The molecule has 19 heavy (non-hydrogen) atoms. The highest BCUT2D eigenvalue weighted by Gasteiger charge is 2.51. The van der Waals surface area contributed by atoms with E-state index in [9.17, 15) is 24.4 Å². The van der Waals surface area contributed by atoms with Crippen molar-refractivity contribution in [3.05, 3.63) is 0 Å². The van der Waals surface area contributed by atoms with Gasteiger partial charge in [-0.25, -0.2) is 9.13 Å². The Hall–Kier alpha value is 0.100. The van der Waals surface area contributed by atoms with E-state index in [2.05, 4.69) is 9.26 Å². The largest absolute Gasteiger partial charge is 0.440 e. The first-order valence-corrected chi connectivity index (χ1v) is 8.78. The minimum atomic E-state index is -5.53. The summed E-state index contributed by atoms with van der Waals surface area (Å²) in [5, 5.41) is 37.0. The van der Waals surface area contributed by atoms with E-state index in [1.54, 1.807) is 0 Å². The predicted octanol–water partition coefficient (Wildman–Crippen LogP) is -2.92. The molecule has 1 fully saturated rings. The summed E-state index contributed by atoms with van der Waals surface area (Å²) in [4.78, 5) is 26.2. The van der Waals surface area contributed by atoms with E-state index in [0.29, 0.717) is 0 Å². The fourth-order valence-corrected chi connectivity index (χ4v) is 2.57. The summed E-state index contributed by atoms with van der Waals surface area (Å²) < 4.78 is 30.6. The molecule has 0 aromatic heterocycles. The highest BCUT2D eigenvalue weighted by Crippen LogP contribution is 2.75. The summed E-state index contributed by atoms with van der Waals surface area (Å²) in [5.74, 6) is 0. The second kappa shape index (κ2) is 5.84. The fraction of sp³-hybridized carbons (Fsp3) is 1.00. The summed E-state index contributed by atoms with van der Waals surface area (Å²) in [7, 11) is -11.0. The van der Waals surface area contributed by atoms with Crippen LogP contribution in [0.4, 0.5) is 0 Å². The van der Waals surface area contributed by atoms with Gasteiger partial charge in [0.2, 0.25) is 0 Å². The van der Waals surface area contributed by atoms with Gasteiger partial charge in [-0.15, -0.1) is 0 Å². The smallest absolute Gasteiger partial charge is 0.394 e. The van der Waals surface area contributed by atoms with Crippen molar-refractivity contribution < 1.29 is 53.5 Å². The first-order chi connectivity index (χ1) is 8.51. The number of hydrogen-bond acceptors (Lipinski definition) is 8. The minimum Gasteiger partial charge on any atom is -0.394 e. The molecule has 1 saturated heterocycles. The van der Waals surface area contributed by atoms with Gasteiger partial charge >= 0.3 is 14.6 Å². The van der Waals surface area contributed by atoms with Crippen LogP contribution >= 0.6 is 14.6 Å². The third kappa shape index (κ3) is 3.60. The monoisotopic (exact) mass is 324 g/mol. The molecule has 13 heteroatoms. The van der Waals surface area contributed by atoms with Crippen LogP contribution in [0.15, 0.2) is 0 Å². The van der Waals surface area contributed by atoms with Crippen molar-refractivity contribution in [3.63, 3.8) is 0 Å². The Balaban J connectivity index is 2.89. The third-order valence-corrected chi connectivity index (χ3v) is 5.82. The van der Waals surface area contributed by atoms with Gasteiger partial charge in [0, 0.05) is 0 Å². The average Bonchev–Trinajstić information content (AvgIpc) is 2.28. The quantitative estimate of drug-likeness (QED) is 0.262. The zero-order valence-corrected chi connectivity index (χ0v) is 11.0. The van der Waals surface area contributed by atoms with Crippen LogP contribution in [0.3, 0.4) is 0 Å². The molecule has 0 spiro atoms. The maximum absolute atomic E-state index is 11.2. The molecule has 6 atom stereocenters. The summed E-state index contributed by atoms with van der Waals surface area (Å²) in [6.45, 7) is -0.823. The lowest BCUT2D eigenvalue weighted by atomic mass is 10.00. The second-order valence-electron chi connectivity index (χ2n) is 3.81. The van der Waals surface area contributed by atoms with E-state index in [-0.39, 0.29) is 0 Å². The lowest BCUT2D eigenvalue weighted by Crippen LogP contribution is -2.58. The molecule has 0 aliphatic carbocycles. The highest BCUT2D eigenvalue weighted by molar-refractivity contribution is 8.26. The molecular formula is C6H14O11P2. The zero-order valence-electron chi connectivity index (χ0n) is 9.25. The van der Waals surface area contributed by atoms with Crippen LogP contribution in [0.5, 0.6) is 0 Å². The maximum Gasteiger partial charge on any atom is 0.440 e. The van der Waals surface area contributed by atoms with Crippen LogP contribution < -0.4 is 0 Å². The predicted molar refractivity (Wildman–Crippen MR) is 56.7 cm³/mol. The Bertz CT molecular complexity index is 404. The number of hydrogen-bond donors (Lipinski definition) is 7. The van der Waals surface area contributed by atoms with E-state index >= 15 is 0 Å². The number of aliphatic hydroxyl groups is 4. The molecule has 114 valence electrons. The van der Waals surface area contributed by atoms with Gasteiger partial charge in [0.15, 0.2) is 6.29 Å². The van der Waals surface area contributed by atoms with Gasteiger partial charge in [0.25, 0.3) is 0 Å². The van der Waals surface area contributed by atoms with E-state index < -0.39 is 51.9 Å². The van der Waals surface area contributed by atoms with Crippen LogP contribution in [0.2, 0.25) is 0 Å². The van der Waals surface area contributed by atoms with Crippen LogP contribution in [-0.4, -0.2) is 72.4 Å². The Kier molecular flexibility index (Phi) is 5.27. The van der Waals surface area contributed by atoms with Crippen molar-refractivity contribution in [2.75, 3.05) is 6.61 Å². The van der Waals surface area contributed by atoms with Crippen molar-refractivity contribution in [3.8, 4) is 0 Å². The molecule has 0 radical (unpaired) electrons. The summed E-state index contributed by atoms with van der Waals surface area (Å²) >= 11 is 0. The molecule has 7 N–H and O–H groups in total. The van der Waals surface area contributed by atoms with E-state index in [0.717, 1.165) is 0 Å². The Morgan fingerprint density at radius 3 is 1.95 bits per heavy atom. The van der Waals surface area contributed by atoms with Gasteiger partial charge in [-0.2, -0.15) is 0 Å². The SMILES string of the molecule is O=P(O)(O)P(=O)(O)O[C@H]1O[C@H](CO)[C@H](O)[C@H](O)[C@H]1O. The third-order valence-electron chi connectivity index (χ3n) is 2.42. The first kappa shape index (κ1) is 17.2. The standard InChI is InChI=1S/C6H14O11P2/c7-1-2-3(8)4(9)5(10)6(16-2)17-19(14,15)18(11,12)13/h2-10H,1H2,(H,14,15)(H2,11,12,13)/t2-,3+,4+,5-,6-/m1/s1. The van der Waals surface area contributed by atoms with Gasteiger partial charge in [-0.1, -0.05) is 0 Å². The van der Waals surface area contributed by atoms with Crippen molar-refractivity contribution in [2.24, 2.45) is 0 Å². The molecule has 0 amide bonds. The second-order valence-corrected chi connectivity index (χ2v) is 9.10. The minimum absolute atomic E-state index is 0.823. The first-order valence-electron chi connectivity index (χ1n) is 4.89. The molecule has 1 unspecified atom stereocenters. The lowest BCUT2D eigenvalue weighted by molar-refractivity contribution is -0.278. The lowest BCUT2D eigenvalue weighted by Gasteiger charge is -2.39. The van der Waals surface area contributed by atoms with E-state index in [4.69, 9.17) is 19.8 Å². The molecule has 1 aliphatic rings. The Labute approximate surface area is 106 Å². The highest BCUT2D eigenvalue weighted by atomic mass is 32.1. The average molecular weight is 324 g/mol. The number of rotatable bonds is 4. The van der Waals surface area contributed by atoms with Crippen LogP contribution in [0.25, 0.3) is 0 Å². The van der Waals surface area contributed by atoms with E-state index in [1.807, 2.05) is 0 Å². The molecule has 1 rings (SSSR count). The van der Waals surface area contributed by atoms with Crippen molar-refractivity contribution in [1.29, 1.82) is 0 Å². The van der Waals surface area contributed by atoms with Gasteiger partial charge in [0.05, 0.1) is 6.61 Å². The molecule has 0 saturated carbocycles. The van der Waals surface area contributed by atoms with Crippen molar-refractivity contribution >= 4 is 14.6 Å². The molecular weight excluding hydrogens is 310 g/mol. The summed E-state index contributed by atoms with van der Waals surface area (Å²) in [6, 6.07) is 0. The zero-order chi connectivity index (χ0) is 15.0. The van der Waals surface area contributed by atoms with Gasteiger partial charge < -0.3 is 39.8 Å². The molecule has 1 aliphatic heterocycles. The summed E-state index contributed by atoms with van der Waals surface area (Å²) in [6.07, 6.45) is -9.19. The topological polar surface area (TPSA) is 194 Å². The normalized spacial score (nSPS) is 39.8. The van der Waals surface area contributed by atoms with Crippen LogP contribution in [0.1, 0.15) is 0 Å². The van der Waals surface area contributed by atoms with E-state index in [1.165, 1.54) is 0 Å². The number of ether oxygens (including phenoxy) is 1. The van der Waals surface area contributed by atoms with Crippen LogP contribution in [-0.2, 0) is 18.4 Å². The summed E-state index contributed by atoms with van der Waals surface area (Å²) in [5.41, 5.74) is 0. The van der Waals surface area contributed by atoms with Crippen molar-refractivity contribution in [2.45, 2.75) is 30.7 Å². The molecule has 1 heterocycles. The molecule has 11 nitrogen and oxygen atoms in total. The number of aliphatic hydroxyl groups excluding tert-OH is 4. The molecule has 0 aromatic carbocycles. The molecule has 0 bridgehead atoms. The van der Waals surface area contributed by atoms with Crippen molar-refractivity contribution in [1.82, 2.24) is 0 Å². The fourth-order valence-electron chi connectivity index (χ4n) is 1.35. The Morgan fingerprint density at radius 1 is 1.00 bits per heavy atom. The maximum atomic E-state index is 11.2. The van der Waals surface area contributed by atoms with Gasteiger partial charge in [-0.05, 0) is 0 Å². The Morgan fingerprint density at radius 2 is 1.53 bits per heavy atom. The van der Waals surface area contributed by atoms with Gasteiger partial charge in [0.1, 0.15) is 24.4 Å².